The molecule has 3 rings (SSSR count). The van der Waals surface area contributed by atoms with Crippen molar-refractivity contribution in [3.8, 4) is 17.2 Å². The first-order valence-corrected chi connectivity index (χ1v) is 9.13. The second-order valence-electron chi connectivity index (χ2n) is 6.46. The molecule has 0 saturated heterocycles. The van der Waals surface area contributed by atoms with Gasteiger partial charge in [-0.25, -0.2) is 4.98 Å². The van der Waals surface area contributed by atoms with E-state index in [4.69, 9.17) is 14.9 Å². The molecule has 2 N–H and O–H groups in total. The molecule has 6 heteroatoms. The van der Waals surface area contributed by atoms with Crippen LogP contribution in [0.15, 0.2) is 59.0 Å². The first-order valence-electron chi connectivity index (χ1n) is 9.13. The van der Waals surface area contributed by atoms with Gasteiger partial charge in [0.1, 0.15) is 17.6 Å². The molecule has 0 bridgehead atoms. The zero-order chi connectivity index (χ0) is 19.9. The molecule has 0 amide bonds. The number of nitrogens with zero attached hydrogens (tertiary/aromatic N) is 1. The maximum absolute atomic E-state index is 11.4. The lowest BCUT2D eigenvalue weighted by Crippen LogP contribution is -2.33. The molecule has 146 valence electrons. The predicted molar refractivity (Wildman–Crippen MR) is 106 cm³/mol. The Hall–Kier alpha value is -3.12. The van der Waals surface area contributed by atoms with Gasteiger partial charge in [0.2, 0.25) is 5.89 Å². The number of ether oxygens (including phenoxy) is 2. The summed E-state index contributed by atoms with van der Waals surface area (Å²) in [7, 11) is 1.33. The molecule has 1 heterocycles. The molecule has 0 spiro atoms. The number of methoxy groups -OCH3 is 1. The molecule has 28 heavy (non-hydrogen) atoms. The third-order valence-electron chi connectivity index (χ3n) is 4.40. The number of hydrogen-bond acceptors (Lipinski definition) is 6. The Labute approximate surface area is 164 Å². The smallest absolute Gasteiger partial charge is 0.322 e. The summed E-state index contributed by atoms with van der Waals surface area (Å²) in [6.07, 6.45) is 1.07. The summed E-state index contributed by atoms with van der Waals surface area (Å²) in [4.78, 5) is 16.0. The molecular weight excluding hydrogens is 356 g/mol. The van der Waals surface area contributed by atoms with Gasteiger partial charge in [-0.05, 0) is 43.2 Å². The van der Waals surface area contributed by atoms with Gasteiger partial charge in [-0.2, -0.15) is 0 Å². The number of aromatic nitrogens is 1. The number of carbonyl (C=O) groups is 1. The van der Waals surface area contributed by atoms with Crippen molar-refractivity contribution in [1.29, 1.82) is 0 Å². The highest BCUT2D eigenvalue weighted by Crippen LogP contribution is 2.22. The zero-order valence-electron chi connectivity index (χ0n) is 16.1. The minimum atomic E-state index is -0.661. The first-order chi connectivity index (χ1) is 13.6. The van der Waals surface area contributed by atoms with Gasteiger partial charge in [0.25, 0.3) is 0 Å². The van der Waals surface area contributed by atoms with Gasteiger partial charge < -0.3 is 19.6 Å². The van der Waals surface area contributed by atoms with Crippen LogP contribution in [0.1, 0.15) is 17.0 Å². The number of benzene rings is 2. The van der Waals surface area contributed by atoms with E-state index in [9.17, 15) is 4.79 Å². The highest BCUT2D eigenvalue weighted by molar-refractivity contribution is 5.75. The van der Waals surface area contributed by atoms with Gasteiger partial charge in [0.15, 0.2) is 0 Å². The van der Waals surface area contributed by atoms with Gasteiger partial charge in [0.05, 0.1) is 19.4 Å². The van der Waals surface area contributed by atoms with Crippen molar-refractivity contribution in [3.63, 3.8) is 0 Å². The topological polar surface area (TPSA) is 87.6 Å². The van der Waals surface area contributed by atoms with E-state index >= 15 is 0 Å². The molecule has 0 fully saturated rings. The van der Waals surface area contributed by atoms with Crippen molar-refractivity contribution in [2.45, 2.75) is 25.8 Å². The molecule has 3 aromatic rings. The first kappa shape index (κ1) is 19.6. The lowest BCUT2D eigenvalue weighted by molar-refractivity contribution is -0.142. The Bertz CT molecular complexity index is 904. The van der Waals surface area contributed by atoms with E-state index in [1.54, 1.807) is 0 Å². The third kappa shape index (κ3) is 4.98. The van der Waals surface area contributed by atoms with E-state index < -0.39 is 12.0 Å². The Kier molecular flexibility index (Phi) is 6.45. The Morgan fingerprint density at radius 2 is 1.86 bits per heavy atom. The summed E-state index contributed by atoms with van der Waals surface area (Å²) in [5.74, 6) is 1.76. The van der Waals surface area contributed by atoms with Gasteiger partial charge in [-0.3, -0.25) is 4.79 Å². The highest BCUT2D eigenvalue weighted by Gasteiger charge is 2.14. The summed E-state index contributed by atoms with van der Waals surface area (Å²) in [6.45, 7) is 2.40. The van der Waals surface area contributed by atoms with Crippen LogP contribution in [-0.2, 0) is 22.4 Å². The summed E-state index contributed by atoms with van der Waals surface area (Å²) in [5, 5.41) is 0. The van der Waals surface area contributed by atoms with Gasteiger partial charge in [0, 0.05) is 12.0 Å². The quantitative estimate of drug-likeness (QED) is 0.603. The largest absolute Gasteiger partial charge is 0.493 e. The number of oxazole rings is 1. The van der Waals surface area contributed by atoms with Crippen LogP contribution in [0, 0.1) is 6.92 Å². The maximum atomic E-state index is 11.4. The fourth-order valence-corrected chi connectivity index (χ4v) is 2.84. The lowest BCUT2D eigenvalue weighted by atomic mass is 10.1. The second kappa shape index (κ2) is 9.19. The van der Waals surface area contributed by atoms with Crippen LogP contribution in [-0.4, -0.2) is 30.7 Å². The van der Waals surface area contributed by atoms with Crippen LogP contribution in [0.25, 0.3) is 11.5 Å². The Balaban J connectivity index is 1.53. The van der Waals surface area contributed by atoms with E-state index in [0.717, 1.165) is 28.3 Å². The average Bonchev–Trinajstić information content (AvgIpc) is 3.10. The predicted octanol–water partition coefficient (Wildman–Crippen LogP) is 3.31. The maximum Gasteiger partial charge on any atom is 0.322 e. The van der Waals surface area contributed by atoms with Crippen LogP contribution in [0.4, 0.5) is 0 Å². The van der Waals surface area contributed by atoms with Crippen molar-refractivity contribution in [3.05, 3.63) is 71.6 Å². The lowest BCUT2D eigenvalue weighted by Gasteiger charge is -2.10. The molecule has 2 aromatic carbocycles. The second-order valence-corrected chi connectivity index (χ2v) is 6.46. The normalized spacial score (nSPS) is 11.8. The minimum Gasteiger partial charge on any atom is -0.493 e. The summed E-state index contributed by atoms with van der Waals surface area (Å²) in [6, 6.07) is 16.7. The molecule has 1 atom stereocenters. The number of esters is 1. The van der Waals surface area contributed by atoms with Gasteiger partial charge in [-0.15, -0.1) is 0 Å². The van der Waals surface area contributed by atoms with Gasteiger partial charge >= 0.3 is 5.97 Å². The summed E-state index contributed by atoms with van der Waals surface area (Å²) < 4.78 is 16.2. The van der Waals surface area contributed by atoms with E-state index in [2.05, 4.69) is 9.72 Å². The molecule has 0 aliphatic rings. The molecule has 0 saturated carbocycles. The molecular formula is C22H24N2O4. The molecule has 0 aliphatic carbocycles. The van der Waals surface area contributed by atoms with E-state index in [1.165, 1.54) is 7.11 Å². The molecule has 1 aromatic heterocycles. The summed E-state index contributed by atoms with van der Waals surface area (Å²) >= 11 is 0. The van der Waals surface area contributed by atoms with Gasteiger partial charge in [-0.1, -0.05) is 30.3 Å². The van der Waals surface area contributed by atoms with E-state index in [-0.39, 0.29) is 0 Å². The SMILES string of the molecule is COC(=O)C(N)Cc1ccc(OCCc2nc(-c3ccccc3)oc2C)cc1. The van der Waals surface area contributed by atoms with Crippen molar-refractivity contribution in [1.82, 2.24) is 4.98 Å². The number of hydrogen-bond donors (Lipinski definition) is 1. The Morgan fingerprint density at radius 3 is 2.54 bits per heavy atom. The fourth-order valence-electron chi connectivity index (χ4n) is 2.84. The average molecular weight is 380 g/mol. The van der Waals surface area contributed by atoms with E-state index in [0.29, 0.717) is 25.3 Å². The molecule has 0 aliphatic heterocycles. The van der Waals surface area contributed by atoms with Crippen LogP contribution >= 0.6 is 0 Å². The molecule has 6 nitrogen and oxygen atoms in total. The standard InChI is InChI=1S/C22H24N2O4/c1-15-20(24-21(28-15)17-6-4-3-5-7-17)12-13-27-18-10-8-16(9-11-18)14-19(23)22(25)26-2/h3-11,19H,12-14,23H2,1-2H3. The van der Waals surface area contributed by atoms with E-state index in [1.807, 2.05) is 61.5 Å². The fraction of sp³-hybridized carbons (Fsp3) is 0.273. The number of aryl methyl sites for hydroxylation is 1. The van der Waals surface area contributed by atoms with Crippen LogP contribution in [0.5, 0.6) is 5.75 Å². The van der Waals surface area contributed by atoms with Crippen LogP contribution < -0.4 is 10.5 Å². The van der Waals surface area contributed by atoms with Crippen molar-refractivity contribution < 1.29 is 18.7 Å². The van der Waals surface area contributed by atoms with Crippen molar-refractivity contribution >= 4 is 5.97 Å². The summed E-state index contributed by atoms with van der Waals surface area (Å²) in [5.41, 5.74) is 8.57. The van der Waals surface area contributed by atoms with Crippen LogP contribution in [0.3, 0.4) is 0 Å². The minimum absolute atomic E-state index is 0.418. The Morgan fingerprint density at radius 1 is 1.14 bits per heavy atom. The van der Waals surface area contributed by atoms with Crippen molar-refractivity contribution in [2.24, 2.45) is 5.73 Å². The van der Waals surface area contributed by atoms with Crippen LogP contribution in [0.2, 0.25) is 0 Å². The third-order valence-corrected chi connectivity index (χ3v) is 4.40. The number of nitrogens with two attached hydrogens (primary N) is 1. The van der Waals surface area contributed by atoms with Crippen molar-refractivity contribution in [2.75, 3.05) is 13.7 Å². The highest BCUT2D eigenvalue weighted by atomic mass is 16.5. The number of carbonyl (C=O) groups excluding carboxylic acids is 1. The monoisotopic (exact) mass is 380 g/mol. The molecule has 1 unspecified atom stereocenters. The zero-order valence-corrected chi connectivity index (χ0v) is 16.1. The number of rotatable bonds is 8. The molecule has 0 radical (unpaired) electrons.